The average Bonchev–Trinajstić information content (AvgIpc) is 2.71. The summed E-state index contributed by atoms with van der Waals surface area (Å²) in [6.45, 7) is 1.76. The van der Waals surface area contributed by atoms with Crippen LogP contribution in [0.5, 0.6) is 0 Å². The van der Waals surface area contributed by atoms with Crippen molar-refractivity contribution in [1.29, 1.82) is 0 Å². The maximum Gasteiger partial charge on any atom is 0.336 e. The Hall–Kier alpha value is -1.49. The van der Waals surface area contributed by atoms with Gasteiger partial charge in [0.15, 0.2) is 0 Å². The van der Waals surface area contributed by atoms with E-state index in [0.717, 1.165) is 0 Å². The second kappa shape index (κ2) is 7.19. The van der Waals surface area contributed by atoms with Gasteiger partial charge < -0.3 is 9.36 Å². The number of hydrogen-bond acceptors (Lipinski definition) is 6. The minimum absolute atomic E-state index is 0.0578. The Labute approximate surface area is 112 Å². The summed E-state index contributed by atoms with van der Waals surface area (Å²) in [5.74, 6) is -2.72. The maximum absolute atomic E-state index is 11.8. The number of amides is 2. The van der Waals surface area contributed by atoms with E-state index < -0.39 is 29.7 Å². The predicted molar refractivity (Wildman–Crippen MR) is 66.0 cm³/mol. The summed E-state index contributed by atoms with van der Waals surface area (Å²) in [5, 5.41) is 0.513. The van der Waals surface area contributed by atoms with E-state index in [0.29, 0.717) is 11.5 Å². The molecule has 1 aliphatic rings. The Morgan fingerprint density at radius 2 is 1.89 bits per heavy atom. The monoisotopic (exact) mass is 289 g/mol. The molecule has 1 aliphatic heterocycles. The molecule has 106 valence electrons. The number of rotatable bonds is 6. The largest absolute Gasteiger partial charge is 0.452 e. The average molecular weight is 289 g/mol. The van der Waals surface area contributed by atoms with Gasteiger partial charge in [0, 0.05) is 19.3 Å². The van der Waals surface area contributed by atoms with Crippen LogP contribution in [0.3, 0.4) is 0 Å². The minimum Gasteiger partial charge on any atom is -0.452 e. The fourth-order valence-corrected chi connectivity index (χ4v) is 1.78. The Kier molecular flexibility index (Phi) is 5.89. The molecule has 1 heterocycles. The third-order valence-corrected chi connectivity index (χ3v) is 3.10. The molecule has 1 fully saturated rings. The highest BCUT2D eigenvalue weighted by Gasteiger charge is 2.34. The van der Waals surface area contributed by atoms with E-state index in [2.05, 4.69) is 4.52 Å². The molecule has 0 aromatic rings. The normalized spacial score (nSPS) is 16.4. The second-order valence-electron chi connectivity index (χ2n) is 4.13. The van der Waals surface area contributed by atoms with Gasteiger partial charge in [0.2, 0.25) is 0 Å². The van der Waals surface area contributed by atoms with E-state index in [1.165, 1.54) is 0 Å². The first-order valence-electron chi connectivity index (χ1n) is 5.96. The second-order valence-corrected chi connectivity index (χ2v) is 4.36. The fourth-order valence-electron chi connectivity index (χ4n) is 1.66. The molecule has 0 aromatic carbocycles. The summed E-state index contributed by atoms with van der Waals surface area (Å²) in [6, 6.07) is 0. The third kappa shape index (κ3) is 4.28. The first-order chi connectivity index (χ1) is 8.99. The van der Waals surface area contributed by atoms with Gasteiger partial charge in [0.05, 0.1) is 15.4 Å². The zero-order valence-corrected chi connectivity index (χ0v) is 11.7. The van der Waals surface area contributed by atoms with Gasteiger partial charge >= 0.3 is 11.9 Å². The zero-order valence-electron chi connectivity index (χ0n) is 10.6. The van der Waals surface area contributed by atoms with Gasteiger partial charge in [-0.25, -0.2) is 4.79 Å². The topological polar surface area (TPSA) is 90.0 Å². The van der Waals surface area contributed by atoms with Crippen molar-refractivity contribution < 1.29 is 28.5 Å². The van der Waals surface area contributed by atoms with Crippen LogP contribution in [0, 0.1) is 5.92 Å². The highest BCUT2D eigenvalue weighted by Crippen LogP contribution is 2.18. The molecule has 0 spiro atoms. The molecule has 0 N–H and O–H groups in total. The molecule has 0 aromatic heterocycles. The number of hydrogen-bond donors (Lipinski definition) is 0. The van der Waals surface area contributed by atoms with E-state index >= 15 is 0 Å². The molecule has 0 saturated carbocycles. The maximum atomic E-state index is 11.8. The van der Waals surface area contributed by atoms with Crippen molar-refractivity contribution >= 4 is 33.2 Å². The van der Waals surface area contributed by atoms with Crippen LogP contribution < -0.4 is 0 Å². The first-order valence-corrected chi connectivity index (χ1v) is 6.43. The van der Waals surface area contributed by atoms with Crippen molar-refractivity contribution in [2.24, 2.45) is 5.92 Å². The van der Waals surface area contributed by atoms with E-state index in [-0.39, 0.29) is 25.7 Å². The number of imide groups is 1. The number of hydroxylamine groups is 2. The lowest BCUT2D eigenvalue weighted by molar-refractivity contribution is -0.201. The molecule has 1 saturated heterocycles. The lowest BCUT2D eigenvalue weighted by Gasteiger charge is -2.17. The molecule has 0 radical (unpaired) electrons. The zero-order chi connectivity index (χ0) is 14.4. The van der Waals surface area contributed by atoms with Gasteiger partial charge in [0.1, 0.15) is 0 Å². The van der Waals surface area contributed by atoms with E-state index in [1.54, 1.807) is 6.92 Å². The lowest BCUT2D eigenvalue weighted by Crippen LogP contribution is -2.34. The fraction of sp³-hybridized carbons (Fsp3) is 0.636. The van der Waals surface area contributed by atoms with Crippen molar-refractivity contribution in [2.45, 2.75) is 39.0 Å². The van der Waals surface area contributed by atoms with E-state index in [4.69, 9.17) is 4.84 Å². The Balaban J connectivity index is 2.51. The smallest absolute Gasteiger partial charge is 0.336 e. The van der Waals surface area contributed by atoms with Crippen LogP contribution in [0.15, 0.2) is 0 Å². The third-order valence-electron chi connectivity index (χ3n) is 2.84. The number of carbonyl (C=O) groups is 4. The molecule has 0 bridgehead atoms. The van der Waals surface area contributed by atoms with Crippen LogP contribution in [0.1, 0.15) is 39.0 Å². The van der Waals surface area contributed by atoms with Crippen molar-refractivity contribution in [2.75, 3.05) is 0 Å². The SMILES string of the molecule is CCC(CCC(=O)OP)C(=O)ON1C(=O)CCC1=O. The van der Waals surface area contributed by atoms with Gasteiger partial charge in [-0.15, -0.1) is 5.06 Å². The van der Waals surface area contributed by atoms with Gasteiger partial charge in [0.25, 0.3) is 11.8 Å². The van der Waals surface area contributed by atoms with Gasteiger partial charge in [-0.2, -0.15) is 0 Å². The molecule has 2 amide bonds. The molecule has 1 rings (SSSR count). The van der Waals surface area contributed by atoms with Crippen molar-refractivity contribution in [1.82, 2.24) is 5.06 Å². The molecule has 8 heteroatoms. The quantitative estimate of drug-likeness (QED) is 0.529. The van der Waals surface area contributed by atoms with Crippen LogP contribution in [-0.4, -0.2) is 28.8 Å². The van der Waals surface area contributed by atoms with Gasteiger partial charge in [-0.1, -0.05) is 6.92 Å². The highest BCUT2D eigenvalue weighted by atomic mass is 31.0. The van der Waals surface area contributed by atoms with Crippen LogP contribution in [-0.2, 0) is 28.5 Å². The lowest BCUT2D eigenvalue weighted by atomic mass is 10.0. The minimum atomic E-state index is -0.678. The molecule has 2 atom stereocenters. The van der Waals surface area contributed by atoms with Gasteiger partial charge in [-0.05, 0) is 12.8 Å². The van der Waals surface area contributed by atoms with Crippen LogP contribution in [0.4, 0.5) is 0 Å². The predicted octanol–water partition coefficient (Wildman–Crippen LogP) is 0.733. The Morgan fingerprint density at radius 1 is 1.32 bits per heavy atom. The highest BCUT2D eigenvalue weighted by molar-refractivity contribution is 7.10. The van der Waals surface area contributed by atoms with Crippen LogP contribution in [0.2, 0.25) is 0 Å². The Morgan fingerprint density at radius 3 is 2.37 bits per heavy atom. The molecule has 2 unspecified atom stereocenters. The molecule has 7 nitrogen and oxygen atoms in total. The molecule has 0 aliphatic carbocycles. The van der Waals surface area contributed by atoms with E-state index in [9.17, 15) is 19.2 Å². The summed E-state index contributed by atoms with van der Waals surface area (Å²) >= 11 is 0. The van der Waals surface area contributed by atoms with Crippen LogP contribution in [0.25, 0.3) is 0 Å². The van der Waals surface area contributed by atoms with E-state index in [1.807, 2.05) is 9.47 Å². The van der Waals surface area contributed by atoms with Crippen LogP contribution >= 0.6 is 9.47 Å². The summed E-state index contributed by atoms with van der Waals surface area (Å²) in [7, 11) is 1.84. The molecular weight excluding hydrogens is 273 g/mol. The standard InChI is InChI=1S/C11H16NO6P/c1-2-7(3-6-10(15)18-19)11(16)17-12-8(13)4-5-9(12)14/h7H,2-6,19H2,1H3. The molecular formula is C11H16NO6P. The number of carbonyl (C=O) groups excluding carboxylic acids is 4. The molecule has 19 heavy (non-hydrogen) atoms. The van der Waals surface area contributed by atoms with Crippen molar-refractivity contribution in [3.8, 4) is 0 Å². The summed E-state index contributed by atoms with van der Waals surface area (Å²) in [6.07, 6.45) is 0.877. The van der Waals surface area contributed by atoms with Crippen molar-refractivity contribution in [3.05, 3.63) is 0 Å². The van der Waals surface area contributed by atoms with Gasteiger partial charge in [-0.3, -0.25) is 14.4 Å². The summed E-state index contributed by atoms with van der Waals surface area (Å²) < 4.78 is 4.40. The Bertz CT molecular complexity index is 381. The van der Waals surface area contributed by atoms with Crippen molar-refractivity contribution in [3.63, 3.8) is 0 Å². The summed E-state index contributed by atoms with van der Waals surface area (Å²) in [4.78, 5) is 50.2. The number of nitrogens with zero attached hydrogens (tertiary/aromatic N) is 1. The first kappa shape index (κ1) is 15.6. The summed E-state index contributed by atoms with van der Waals surface area (Å²) in [5.41, 5.74) is 0.